The van der Waals surface area contributed by atoms with Crippen LogP contribution in [0.25, 0.3) is 6.08 Å². The molecule has 0 saturated carbocycles. The minimum atomic E-state index is -1.01. The smallest absolute Gasteiger partial charge is 0.339 e. The summed E-state index contributed by atoms with van der Waals surface area (Å²) in [6.45, 7) is 1.78. The Hall–Kier alpha value is -3.22. The van der Waals surface area contributed by atoms with Crippen LogP contribution in [-0.2, 0) is 4.74 Å². The molecule has 3 rings (SSSR count). The van der Waals surface area contributed by atoms with E-state index < -0.39 is 17.5 Å². The highest BCUT2D eigenvalue weighted by molar-refractivity contribution is 5.96. The summed E-state index contributed by atoms with van der Waals surface area (Å²) in [5.41, 5.74) is 0.139. The van der Waals surface area contributed by atoms with Gasteiger partial charge in [0.1, 0.15) is 17.8 Å². The van der Waals surface area contributed by atoms with Gasteiger partial charge in [0.05, 0.1) is 30.9 Å². The van der Waals surface area contributed by atoms with Crippen molar-refractivity contribution in [1.82, 2.24) is 0 Å². The molecule has 1 N–H and O–H groups in total. The highest BCUT2D eigenvalue weighted by Gasteiger charge is 2.38. The number of fused-ring (bicyclic) bond motifs is 1. The van der Waals surface area contributed by atoms with E-state index >= 15 is 0 Å². The van der Waals surface area contributed by atoms with Crippen molar-refractivity contribution in [2.75, 3.05) is 14.2 Å². The molecule has 1 aromatic carbocycles. The van der Waals surface area contributed by atoms with Crippen LogP contribution in [0, 0.1) is 0 Å². The van der Waals surface area contributed by atoms with E-state index in [0.29, 0.717) is 5.56 Å². The van der Waals surface area contributed by atoms with E-state index in [1.54, 1.807) is 19.1 Å². The third-order valence-corrected chi connectivity index (χ3v) is 3.86. The first kappa shape index (κ1) is 16.6. The summed E-state index contributed by atoms with van der Waals surface area (Å²) in [4.78, 5) is 24.9. The summed E-state index contributed by atoms with van der Waals surface area (Å²) in [6, 6.07) is 2.62. The lowest BCUT2D eigenvalue weighted by Gasteiger charge is -2.14. The van der Waals surface area contributed by atoms with Gasteiger partial charge in [0.2, 0.25) is 11.2 Å². The van der Waals surface area contributed by atoms with E-state index in [-0.39, 0.29) is 34.1 Å². The first-order chi connectivity index (χ1) is 12.0. The molecular weight excluding hydrogens is 328 g/mol. The number of methoxy groups -OCH3 is 2. The van der Waals surface area contributed by atoms with Gasteiger partial charge in [-0.1, -0.05) is 6.08 Å². The van der Waals surface area contributed by atoms with Crippen LogP contribution in [0.5, 0.6) is 17.2 Å². The van der Waals surface area contributed by atoms with Crippen LogP contribution in [0.2, 0.25) is 0 Å². The van der Waals surface area contributed by atoms with E-state index in [9.17, 15) is 14.7 Å². The molecule has 25 heavy (non-hydrogen) atoms. The zero-order valence-electron chi connectivity index (χ0n) is 13.9. The fourth-order valence-corrected chi connectivity index (χ4v) is 2.79. The topological polar surface area (TPSA) is 95.2 Å². The Morgan fingerprint density at radius 2 is 1.96 bits per heavy atom. The average Bonchev–Trinajstić information content (AvgIpc) is 2.91. The molecule has 2 aromatic rings. The van der Waals surface area contributed by atoms with Crippen LogP contribution >= 0.6 is 0 Å². The first-order valence-electron chi connectivity index (χ1n) is 7.46. The van der Waals surface area contributed by atoms with Crippen LogP contribution in [0.3, 0.4) is 0 Å². The zero-order valence-corrected chi connectivity index (χ0v) is 13.9. The molecule has 0 radical (unpaired) electrons. The normalized spacial score (nSPS) is 16.0. The predicted molar refractivity (Wildman–Crippen MR) is 88.2 cm³/mol. The van der Waals surface area contributed by atoms with Gasteiger partial charge >= 0.3 is 5.97 Å². The molecule has 2 heterocycles. The molecule has 1 unspecified atom stereocenters. The molecule has 0 saturated heterocycles. The maximum atomic E-state index is 12.8. The van der Waals surface area contributed by atoms with E-state index in [1.807, 2.05) is 0 Å². The van der Waals surface area contributed by atoms with Gasteiger partial charge < -0.3 is 23.7 Å². The Morgan fingerprint density at radius 3 is 2.60 bits per heavy atom. The van der Waals surface area contributed by atoms with E-state index in [2.05, 4.69) is 0 Å². The number of hydrogen-bond acceptors (Lipinski definition) is 7. The number of carbonyl (C=O) groups excluding carboxylic acids is 1. The number of rotatable bonds is 4. The van der Waals surface area contributed by atoms with Crippen molar-refractivity contribution in [2.24, 2.45) is 0 Å². The number of cyclic esters (lactones) is 1. The molecule has 1 aromatic heterocycles. The number of hydrogen-bond donors (Lipinski definition) is 1. The Labute approximate surface area is 143 Å². The molecule has 0 fully saturated rings. The van der Waals surface area contributed by atoms with Crippen molar-refractivity contribution in [3.8, 4) is 17.2 Å². The van der Waals surface area contributed by atoms with Crippen LogP contribution < -0.4 is 14.9 Å². The van der Waals surface area contributed by atoms with Crippen molar-refractivity contribution < 1.29 is 28.5 Å². The van der Waals surface area contributed by atoms with Crippen molar-refractivity contribution in [2.45, 2.75) is 13.0 Å². The molecule has 0 amide bonds. The fraction of sp³-hybridized carbons (Fsp3) is 0.222. The van der Waals surface area contributed by atoms with Gasteiger partial charge in [0.15, 0.2) is 11.9 Å². The second kappa shape index (κ2) is 6.35. The summed E-state index contributed by atoms with van der Waals surface area (Å²) < 4.78 is 21.2. The van der Waals surface area contributed by atoms with Gasteiger partial charge in [-0.05, 0) is 19.1 Å². The van der Waals surface area contributed by atoms with Crippen molar-refractivity contribution in [3.05, 3.63) is 57.1 Å². The Bertz CT molecular complexity index is 924. The number of phenolic OH excluding ortho intramolecular Hbond substituents is 1. The highest BCUT2D eigenvalue weighted by atomic mass is 16.6. The number of carbonyl (C=O) groups is 1. The lowest BCUT2D eigenvalue weighted by atomic mass is 9.98. The Balaban J connectivity index is 2.21. The van der Waals surface area contributed by atoms with Crippen molar-refractivity contribution in [1.29, 1.82) is 0 Å². The summed E-state index contributed by atoms with van der Waals surface area (Å²) >= 11 is 0. The standard InChI is InChI=1S/C18H16O7/c1-4-5-12-17(23-3)15(20)11(8-24-12)16-14-10(18(21)25-16)6-9(19)7-13(14)22-2/h4-8,16,19H,1-3H3. The monoisotopic (exact) mass is 344 g/mol. The third-order valence-electron chi connectivity index (χ3n) is 3.86. The maximum absolute atomic E-state index is 12.8. The minimum Gasteiger partial charge on any atom is -0.508 e. The van der Waals surface area contributed by atoms with Crippen molar-refractivity contribution >= 4 is 12.0 Å². The SMILES string of the molecule is CC=Cc1occ(C2OC(=O)c3cc(O)cc(OC)c32)c(=O)c1OC. The van der Waals surface area contributed by atoms with Crippen LogP contribution in [0.15, 0.2) is 33.7 Å². The summed E-state index contributed by atoms with van der Waals surface area (Å²) in [5.74, 6) is -0.285. The maximum Gasteiger partial charge on any atom is 0.339 e. The molecule has 0 aliphatic carbocycles. The number of phenols is 1. The number of ether oxygens (including phenoxy) is 3. The molecule has 0 spiro atoms. The molecule has 130 valence electrons. The summed E-state index contributed by atoms with van der Waals surface area (Å²) in [7, 11) is 2.75. The summed E-state index contributed by atoms with van der Waals surface area (Å²) in [5, 5.41) is 9.72. The molecule has 0 bridgehead atoms. The van der Waals surface area contributed by atoms with Gasteiger partial charge in [-0.3, -0.25) is 4.79 Å². The average molecular weight is 344 g/mol. The number of allylic oxidation sites excluding steroid dienone is 1. The van der Waals surface area contributed by atoms with E-state index in [1.165, 1.54) is 32.6 Å². The van der Waals surface area contributed by atoms with Gasteiger partial charge in [-0.2, -0.15) is 0 Å². The lowest BCUT2D eigenvalue weighted by Crippen LogP contribution is -2.17. The van der Waals surface area contributed by atoms with E-state index in [0.717, 1.165) is 0 Å². The number of benzene rings is 1. The fourth-order valence-electron chi connectivity index (χ4n) is 2.79. The largest absolute Gasteiger partial charge is 0.508 e. The molecule has 1 aliphatic heterocycles. The molecule has 7 heteroatoms. The molecule has 1 atom stereocenters. The van der Waals surface area contributed by atoms with Gasteiger partial charge in [-0.15, -0.1) is 0 Å². The van der Waals surface area contributed by atoms with Gasteiger partial charge in [-0.25, -0.2) is 4.79 Å². The number of aromatic hydroxyl groups is 1. The Kier molecular flexibility index (Phi) is 4.22. The van der Waals surface area contributed by atoms with Gasteiger partial charge in [0.25, 0.3) is 0 Å². The van der Waals surface area contributed by atoms with Gasteiger partial charge in [0, 0.05) is 6.07 Å². The second-order valence-corrected chi connectivity index (χ2v) is 5.31. The Morgan fingerprint density at radius 1 is 1.20 bits per heavy atom. The molecule has 7 nitrogen and oxygen atoms in total. The molecular formula is C18H16O7. The van der Waals surface area contributed by atoms with E-state index in [4.69, 9.17) is 18.6 Å². The zero-order chi connectivity index (χ0) is 18.1. The van der Waals surface area contributed by atoms with Crippen molar-refractivity contribution in [3.63, 3.8) is 0 Å². The van der Waals surface area contributed by atoms with Crippen LogP contribution in [-0.4, -0.2) is 25.3 Å². The quantitative estimate of drug-likeness (QED) is 0.852. The second-order valence-electron chi connectivity index (χ2n) is 5.31. The predicted octanol–water partition coefficient (Wildman–Crippen LogP) is 2.66. The summed E-state index contributed by atoms with van der Waals surface area (Å²) in [6.07, 6.45) is 3.52. The lowest BCUT2D eigenvalue weighted by molar-refractivity contribution is 0.0449. The van der Waals surface area contributed by atoms with Crippen LogP contribution in [0.4, 0.5) is 0 Å². The molecule has 1 aliphatic rings. The van der Waals surface area contributed by atoms with Crippen LogP contribution in [0.1, 0.15) is 40.3 Å². The highest BCUT2D eigenvalue weighted by Crippen LogP contribution is 2.43. The minimum absolute atomic E-state index is 0.0119. The first-order valence-corrected chi connectivity index (χ1v) is 7.46. The third kappa shape index (κ3) is 2.63. The number of esters is 1.